The number of anilines is 1. The van der Waals surface area contributed by atoms with Crippen molar-refractivity contribution in [2.75, 3.05) is 24.5 Å². The molecule has 5 nitrogen and oxygen atoms in total. The molecule has 0 aliphatic carbocycles. The molecule has 0 radical (unpaired) electrons. The monoisotopic (exact) mass is 372 g/mol. The fourth-order valence-electron chi connectivity index (χ4n) is 2.67. The van der Waals surface area contributed by atoms with E-state index in [1.165, 1.54) is 12.1 Å². The molecule has 0 aliphatic rings. The maximum absolute atomic E-state index is 13.9. The number of rotatable bonds is 9. The summed E-state index contributed by atoms with van der Waals surface area (Å²) in [5.41, 5.74) is 1.79. The maximum atomic E-state index is 13.9. The van der Waals surface area contributed by atoms with Gasteiger partial charge in [0.2, 0.25) is 0 Å². The van der Waals surface area contributed by atoms with Crippen LogP contribution in [0.2, 0.25) is 0 Å². The minimum atomic E-state index is -0.466. The molecule has 2 aromatic rings. The van der Waals surface area contributed by atoms with E-state index in [2.05, 4.69) is 5.32 Å². The predicted molar refractivity (Wildman–Crippen MR) is 103 cm³/mol. The third-order valence-electron chi connectivity index (χ3n) is 4.13. The highest BCUT2D eigenvalue weighted by atomic mass is 19.1. The van der Waals surface area contributed by atoms with Crippen molar-refractivity contribution in [3.63, 3.8) is 0 Å². The lowest BCUT2D eigenvalue weighted by atomic mass is 10.1. The highest BCUT2D eigenvalue weighted by Gasteiger charge is 2.12. The Labute approximate surface area is 159 Å². The van der Waals surface area contributed by atoms with Crippen molar-refractivity contribution in [1.82, 2.24) is 5.32 Å². The number of hydrogen-bond acceptors (Lipinski definition) is 4. The highest BCUT2D eigenvalue weighted by molar-refractivity contribution is 5.95. The number of carbonyl (C=O) groups excluding carboxylic acids is 2. The smallest absolute Gasteiger partial charge is 0.307 e. The number of nitrogens with zero attached hydrogens (tertiary/aromatic N) is 1. The molecule has 0 bridgehead atoms. The zero-order chi connectivity index (χ0) is 19.6. The van der Waals surface area contributed by atoms with Gasteiger partial charge in [-0.2, -0.15) is 0 Å². The van der Waals surface area contributed by atoms with Gasteiger partial charge in [-0.05, 0) is 37.6 Å². The zero-order valence-corrected chi connectivity index (χ0v) is 15.7. The maximum Gasteiger partial charge on any atom is 0.307 e. The average Bonchev–Trinajstić information content (AvgIpc) is 2.67. The molecule has 0 saturated heterocycles. The molecule has 2 aromatic carbocycles. The summed E-state index contributed by atoms with van der Waals surface area (Å²) < 4.78 is 19.0. The number of amides is 1. The topological polar surface area (TPSA) is 58.6 Å². The molecular formula is C21H25FN2O3. The Morgan fingerprint density at radius 2 is 1.78 bits per heavy atom. The molecule has 0 aromatic heterocycles. The fourth-order valence-corrected chi connectivity index (χ4v) is 2.67. The van der Waals surface area contributed by atoms with Gasteiger partial charge in [-0.25, -0.2) is 4.39 Å². The first-order chi connectivity index (χ1) is 13.0. The van der Waals surface area contributed by atoms with Crippen LogP contribution in [0.15, 0.2) is 48.5 Å². The minimum Gasteiger partial charge on any atom is -0.461 e. The Hall–Kier alpha value is -2.89. The molecule has 2 rings (SSSR count). The summed E-state index contributed by atoms with van der Waals surface area (Å²) >= 11 is 0. The summed E-state index contributed by atoms with van der Waals surface area (Å²) in [7, 11) is 0. The molecule has 0 unspecified atom stereocenters. The summed E-state index contributed by atoms with van der Waals surface area (Å²) in [6.45, 7) is 5.70. The molecular weight excluding hydrogens is 347 g/mol. The normalized spacial score (nSPS) is 10.3. The Balaban J connectivity index is 1.84. The third kappa shape index (κ3) is 6.40. The van der Waals surface area contributed by atoms with Gasteiger partial charge in [-0.1, -0.05) is 30.3 Å². The summed E-state index contributed by atoms with van der Waals surface area (Å²) in [6, 6.07) is 13.6. The molecule has 6 heteroatoms. The number of esters is 1. The fraction of sp³-hybridized carbons (Fsp3) is 0.333. The van der Waals surface area contributed by atoms with Crippen LogP contribution < -0.4 is 10.2 Å². The first-order valence-corrected chi connectivity index (χ1v) is 9.06. The van der Waals surface area contributed by atoms with Crippen molar-refractivity contribution in [3.05, 3.63) is 65.5 Å². The van der Waals surface area contributed by atoms with Crippen molar-refractivity contribution < 1.29 is 18.7 Å². The Morgan fingerprint density at radius 1 is 1.07 bits per heavy atom. The van der Waals surface area contributed by atoms with E-state index in [9.17, 15) is 14.0 Å². The Kier molecular flexibility index (Phi) is 7.79. The summed E-state index contributed by atoms with van der Waals surface area (Å²) in [5, 5.41) is 2.63. The third-order valence-corrected chi connectivity index (χ3v) is 4.13. The molecule has 1 N–H and O–H groups in total. The predicted octanol–water partition coefficient (Wildman–Crippen LogP) is 3.54. The molecule has 0 fully saturated rings. The quantitative estimate of drug-likeness (QED) is 0.684. The molecule has 0 spiro atoms. The number of hydrogen-bond donors (Lipinski definition) is 1. The largest absolute Gasteiger partial charge is 0.461 e. The van der Waals surface area contributed by atoms with E-state index in [0.29, 0.717) is 18.8 Å². The van der Waals surface area contributed by atoms with Crippen LogP contribution in [0.4, 0.5) is 10.1 Å². The van der Waals surface area contributed by atoms with Gasteiger partial charge < -0.3 is 15.0 Å². The molecule has 1 amide bonds. The van der Waals surface area contributed by atoms with E-state index in [-0.39, 0.29) is 25.1 Å². The van der Waals surface area contributed by atoms with E-state index in [1.807, 2.05) is 49.1 Å². The molecule has 0 heterocycles. The lowest BCUT2D eigenvalue weighted by Crippen LogP contribution is -2.27. The van der Waals surface area contributed by atoms with Gasteiger partial charge in [0.15, 0.2) is 0 Å². The first kappa shape index (κ1) is 20.4. The van der Waals surface area contributed by atoms with Gasteiger partial charge in [-0.15, -0.1) is 0 Å². The van der Waals surface area contributed by atoms with Crippen molar-refractivity contribution in [3.8, 4) is 0 Å². The van der Waals surface area contributed by atoms with Crippen LogP contribution in [0.25, 0.3) is 0 Å². The standard InChI is InChI=1S/C21H25FN2O3/c1-3-24(4-2)19-13-17(12-18(22)14-19)21(26)23-11-10-20(25)27-15-16-8-6-5-7-9-16/h5-9,12-14H,3-4,10-11,15H2,1-2H3,(H,23,26). The van der Waals surface area contributed by atoms with E-state index in [4.69, 9.17) is 4.74 Å². The minimum absolute atomic E-state index is 0.0524. The second-order valence-electron chi connectivity index (χ2n) is 6.02. The van der Waals surface area contributed by atoms with E-state index in [1.54, 1.807) is 6.07 Å². The summed E-state index contributed by atoms with van der Waals surface area (Å²) in [6.07, 6.45) is 0.0524. The van der Waals surface area contributed by atoms with Gasteiger partial charge in [0, 0.05) is 30.9 Å². The van der Waals surface area contributed by atoms with Crippen molar-refractivity contribution in [1.29, 1.82) is 0 Å². The van der Waals surface area contributed by atoms with Crippen molar-refractivity contribution in [2.24, 2.45) is 0 Å². The van der Waals surface area contributed by atoms with E-state index >= 15 is 0 Å². The summed E-state index contributed by atoms with van der Waals surface area (Å²) in [5.74, 6) is -1.28. The van der Waals surface area contributed by atoms with Crippen LogP contribution in [-0.2, 0) is 16.1 Å². The Morgan fingerprint density at radius 3 is 2.44 bits per heavy atom. The summed E-state index contributed by atoms with van der Waals surface area (Å²) in [4.78, 5) is 26.0. The van der Waals surface area contributed by atoms with E-state index < -0.39 is 17.7 Å². The van der Waals surface area contributed by atoms with Crippen LogP contribution in [0.5, 0.6) is 0 Å². The van der Waals surface area contributed by atoms with Crippen molar-refractivity contribution in [2.45, 2.75) is 26.9 Å². The molecule has 0 atom stereocenters. The second kappa shape index (κ2) is 10.3. The van der Waals surface area contributed by atoms with E-state index in [0.717, 1.165) is 5.56 Å². The SMILES string of the molecule is CCN(CC)c1cc(F)cc(C(=O)NCCC(=O)OCc2ccccc2)c1. The number of halogens is 1. The van der Waals surface area contributed by atoms with Crippen LogP contribution in [0.3, 0.4) is 0 Å². The van der Waals surface area contributed by atoms with Gasteiger partial charge >= 0.3 is 5.97 Å². The Bertz CT molecular complexity index is 761. The average molecular weight is 372 g/mol. The number of carbonyl (C=O) groups is 2. The van der Waals surface area contributed by atoms with Gasteiger partial charge in [-0.3, -0.25) is 9.59 Å². The molecule has 144 valence electrons. The lowest BCUT2D eigenvalue weighted by molar-refractivity contribution is -0.144. The van der Waals surface area contributed by atoms with Gasteiger partial charge in [0.1, 0.15) is 12.4 Å². The van der Waals surface area contributed by atoms with Crippen molar-refractivity contribution >= 4 is 17.6 Å². The number of nitrogens with one attached hydrogen (secondary N) is 1. The highest BCUT2D eigenvalue weighted by Crippen LogP contribution is 2.18. The van der Waals surface area contributed by atoms with Gasteiger partial charge in [0.05, 0.1) is 6.42 Å². The van der Waals surface area contributed by atoms with Crippen LogP contribution in [0, 0.1) is 5.82 Å². The first-order valence-electron chi connectivity index (χ1n) is 9.06. The molecule has 27 heavy (non-hydrogen) atoms. The lowest BCUT2D eigenvalue weighted by Gasteiger charge is -2.21. The number of benzene rings is 2. The zero-order valence-electron chi connectivity index (χ0n) is 15.7. The van der Waals surface area contributed by atoms with Crippen LogP contribution in [0.1, 0.15) is 36.2 Å². The van der Waals surface area contributed by atoms with Gasteiger partial charge in [0.25, 0.3) is 5.91 Å². The van der Waals surface area contributed by atoms with Crippen LogP contribution >= 0.6 is 0 Å². The second-order valence-corrected chi connectivity index (χ2v) is 6.02. The molecule has 0 aliphatic heterocycles. The number of ether oxygens (including phenoxy) is 1. The molecule has 0 saturated carbocycles. The van der Waals surface area contributed by atoms with Crippen LogP contribution in [-0.4, -0.2) is 31.5 Å².